The van der Waals surface area contributed by atoms with Gasteiger partial charge in [-0.3, -0.25) is 9.48 Å². The van der Waals surface area contributed by atoms with Crippen LogP contribution in [-0.2, 0) is 11.3 Å². The van der Waals surface area contributed by atoms with Crippen molar-refractivity contribution < 1.29 is 4.79 Å². The molecule has 3 N–H and O–H groups in total. The molecule has 0 aliphatic carbocycles. The van der Waals surface area contributed by atoms with Crippen LogP contribution in [-0.4, -0.2) is 21.2 Å². The lowest BCUT2D eigenvalue weighted by molar-refractivity contribution is -0.120. The standard InChI is InChI=1S/C14H18N4O/c1-14(2,15)13(19)17-12-7-4-3-6-11(12)10-18-9-5-8-16-18/h3-9H,10,15H2,1-2H3,(H,17,19). The third kappa shape index (κ3) is 3.42. The lowest BCUT2D eigenvalue weighted by Gasteiger charge is -2.19. The lowest BCUT2D eigenvalue weighted by Crippen LogP contribution is -2.45. The number of hydrogen-bond acceptors (Lipinski definition) is 3. The highest BCUT2D eigenvalue weighted by Gasteiger charge is 2.22. The molecule has 0 saturated heterocycles. The Morgan fingerprint density at radius 3 is 2.74 bits per heavy atom. The van der Waals surface area contributed by atoms with Crippen molar-refractivity contribution in [1.82, 2.24) is 9.78 Å². The Balaban J connectivity index is 2.19. The van der Waals surface area contributed by atoms with Crippen molar-refractivity contribution in [2.75, 3.05) is 5.32 Å². The molecule has 1 aromatic heterocycles. The summed E-state index contributed by atoms with van der Waals surface area (Å²) in [5.41, 5.74) is 6.63. The Hall–Kier alpha value is -2.14. The van der Waals surface area contributed by atoms with Gasteiger partial charge in [-0.2, -0.15) is 5.10 Å². The van der Waals surface area contributed by atoms with E-state index in [1.807, 2.05) is 36.5 Å². The fraction of sp³-hybridized carbons (Fsp3) is 0.286. The molecular formula is C14H18N4O. The topological polar surface area (TPSA) is 72.9 Å². The Labute approximate surface area is 112 Å². The largest absolute Gasteiger partial charge is 0.324 e. The average molecular weight is 258 g/mol. The summed E-state index contributed by atoms with van der Waals surface area (Å²) in [4.78, 5) is 11.9. The molecule has 0 atom stereocenters. The summed E-state index contributed by atoms with van der Waals surface area (Å²) in [7, 11) is 0. The van der Waals surface area contributed by atoms with E-state index in [0.29, 0.717) is 6.54 Å². The number of para-hydroxylation sites is 1. The number of aromatic nitrogens is 2. The number of carbonyl (C=O) groups is 1. The monoisotopic (exact) mass is 258 g/mol. The quantitative estimate of drug-likeness (QED) is 0.875. The Bertz CT molecular complexity index is 555. The number of amides is 1. The van der Waals surface area contributed by atoms with Crippen LogP contribution in [0, 0.1) is 0 Å². The van der Waals surface area contributed by atoms with Crippen LogP contribution < -0.4 is 11.1 Å². The molecule has 1 aromatic carbocycles. The van der Waals surface area contributed by atoms with Crippen molar-refractivity contribution in [2.45, 2.75) is 25.9 Å². The number of carbonyl (C=O) groups excluding carboxylic acids is 1. The number of rotatable bonds is 4. The van der Waals surface area contributed by atoms with E-state index in [1.165, 1.54) is 0 Å². The van der Waals surface area contributed by atoms with Crippen LogP contribution in [0.1, 0.15) is 19.4 Å². The molecule has 5 nitrogen and oxygen atoms in total. The van der Waals surface area contributed by atoms with E-state index >= 15 is 0 Å². The average Bonchev–Trinajstić information content (AvgIpc) is 2.83. The number of nitrogens with two attached hydrogens (primary N) is 1. The first-order valence-corrected chi connectivity index (χ1v) is 6.12. The van der Waals surface area contributed by atoms with Crippen molar-refractivity contribution in [2.24, 2.45) is 5.73 Å². The highest BCUT2D eigenvalue weighted by molar-refractivity contribution is 5.97. The summed E-state index contributed by atoms with van der Waals surface area (Å²) in [6, 6.07) is 9.50. The van der Waals surface area contributed by atoms with Gasteiger partial charge in [0, 0.05) is 18.1 Å². The summed E-state index contributed by atoms with van der Waals surface area (Å²) < 4.78 is 1.80. The number of hydrogen-bond donors (Lipinski definition) is 2. The smallest absolute Gasteiger partial charge is 0.243 e. The van der Waals surface area contributed by atoms with Crippen LogP contribution in [0.5, 0.6) is 0 Å². The molecule has 2 aromatic rings. The number of nitrogens with one attached hydrogen (secondary N) is 1. The summed E-state index contributed by atoms with van der Waals surface area (Å²) in [5.74, 6) is -0.208. The molecule has 1 amide bonds. The molecule has 0 radical (unpaired) electrons. The normalized spacial score (nSPS) is 11.3. The van der Waals surface area contributed by atoms with Gasteiger partial charge in [0.25, 0.3) is 0 Å². The Morgan fingerprint density at radius 1 is 1.37 bits per heavy atom. The zero-order valence-electron chi connectivity index (χ0n) is 11.1. The van der Waals surface area contributed by atoms with Crippen LogP contribution in [0.2, 0.25) is 0 Å². The van der Waals surface area contributed by atoms with Crippen LogP contribution >= 0.6 is 0 Å². The maximum Gasteiger partial charge on any atom is 0.243 e. The minimum atomic E-state index is -0.904. The lowest BCUT2D eigenvalue weighted by atomic mass is 10.1. The molecule has 0 saturated carbocycles. The first kappa shape index (κ1) is 13.3. The fourth-order valence-electron chi connectivity index (χ4n) is 1.63. The van der Waals surface area contributed by atoms with Gasteiger partial charge >= 0.3 is 0 Å². The maximum atomic E-state index is 11.9. The highest BCUT2D eigenvalue weighted by Crippen LogP contribution is 2.17. The van der Waals surface area contributed by atoms with Crippen molar-refractivity contribution in [3.05, 3.63) is 48.3 Å². The van der Waals surface area contributed by atoms with E-state index in [0.717, 1.165) is 11.3 Å². The highest BCUT2D eigenvalue weighted by atomic mass is 16.2. The van der Waals surface area contributed by atoms with E-state index in [9.17, 15) is 4.79 Å². The molecule has 19 heavy (non-hydrogen) atoms. The number of anilines is 1. The second kappa shape index (κ2) is 5.24. The summed E-state index contributed by atoms with van der Waals surface area (Å²) in [5, 5.41) is 7.02. The molecular weight excluding hydrogens is 240 g/mol. The maximum absolute atomic E-state index is 11.9. The molecule has 1 heterocycles. The molecule has 0 aliphatic heterocycles. The van der Waals surface area contributed by atoms with Gasteiger partial charge in [0.2, 0.25) is 5.91 Å². The van der Waals surface area contributed by atoms with E-state index < -0.39 is 5.54 Å². The van der Waals surface area contributed by atoms with Crippen LogP contribution in [0.3, 0.4) is 0 Å². The number of nitrogens with zero attached hydrogens (tertiary/aromatic N) is 2. The summed E-state index contributed by atoms with van der Waals surface area (Å²) in [6.07, 6.45) is 3.61. The SMILES string of the molecule is CC(C)(N)C(=O)Nc1ccccc1Cn1cccn1. The van der Waals surface area contributed by atoms with Crippen molar-refractivity contribution >= 4 is 11.6 Å². The van der Waals surface area contributed by atoms with Crippen molar-refractivity contribution in [3.63, 3.8) is 0 Å². The number of benzene rings is 1. The minimum Gasteiger partial charge on any atom is -0.324 e. The molecule has 0 unspecified atom stereocenters. The molecule has 0 fully saturated rings. The van der Waals surface area contributed by atoms with Gasteiger partial charge in [0.1, 0.15) is 0 Å². The van der Waals surface area contributed by atoms with Crippen LogP contribution in [0.15, 0.2) is 42.7 Å². The summed E-state index contributed by atoms with van der Waals surface area (Å²) >= 11 is 0. The fourth-order valence-corrected chi connectivity index (χ4v) is 1.63. The van der Waals surface area contributed by atoms with Crippen molar-refractivity contribution in [3.8, 4) is 0 Å². The van der Waals surface area contributed by atoms with Crippen LogP contribution in [0.25, 0.3) is 0 Å². The second-order valence-electron chi connectivity index (χ2n) is 5.04. The van der Waals surface area contributed by atoms with Gasteiger partial charge in [-0.15, -0.1) is 0 Å². The first-order valence-electron chi connectivity index (χ1n) is 6.12. The zero-order chi connectivity index (χ0) is 13.9. The predicted octanol–water partition coefficient (Wildman–Crippen LogP) is 1.61. The third-order valence-electron chi connectivity index (χ3n) is 2.74. The molecule has 5 heteroatoms. The van der Waals surface area contributed by atoms with E-state index in [4.69, 9.17) is 5.73 Å². The van der Waals surface area contributed by atoms with Crippen molar-refractivity contribution in [1.29, 1.82) is 0 Å². The molecule has 100 valence electrons. The molecule has 0 aliphatic rings. The Morgan fingerprint density at radius 2 is 2.11 bits per heavy atom. The summed E-state index contributed by atoms with van der Waals surface area (Å²) in [6.45, 7) is 3.96. The first-order chi connectivity index (χ1) is 8.97. The molecule has 0 bridgehead atoms. The minimum absolute atomic E-state index is 0.208. The van der Waals surface area contributed by atoms with Gasteiger partial charge < -0.3 is 11.1 Å². The third-order valence-corrected chi connectivity index (χ3v) is 2.74. The van der Waals surface area contributed by atoms with Gasteiger partial charge in [0.15, 0.2) is 0 Å². The molecule has 0 spiro atoms. The molecule has 2 rings (SSSR count). The van der Waals surface area contributed by atoms with E-state index in [2.05, 4.69) is 10.4 Å². The second-order valence-corrected chi connectivity index (χ2v) is 5.04. The van der Waals surface area contributed by atoms with Crippen LogP contribution in [0.4, 0.5) is 5.69 Å². The van der Waals surface area contributed by atoms with E-state index in [1.54, 1.807) is 24.7 Å². The predicted molar refractivity (Wildman–Crippen MR) is 74.7 cm³/mol. The Kier molecular flexibility index (Phi) is 3.66. The van der Waals surface area contributed by atoms with Gasteiger partial charge in [-0.1, -0.05) is 18.2 Å². The van der Waals surface area contributed by atoms with Gasteiger partial charge in [0.05, 0.1) is 12.1 Å². The zero-order valence-corrected chi connectivity index (χ0v) is 11.1. The van der Waals surface area contributed by atoms with E-state index in [-0.39, 0.29) is 5.91 Å². The van der Waals surface area contributed by atoms with Gasteiger partial charge in [-0.25, -0.2) is 0 Å². The van der Waals surface area contributed by atoms with Gasteiger partial charge in [-0.05, 0) is 31.5 Å².